The SMILES string of the molecule is NC1=NCC(c2cc(F)ccc2F)N1CC1CC1. The Morgan fingerprint density at radius 1 is 1.33 bits per heavy atom. The Hall–Kier alpha value is -1.65. The minimum absolute atomic E-state index is 0.263. The molecule has 1 aliphatic carbocycles. The van der Waals surface area contributed by atoms with Crippen molar-refractivity contribution in [2.24, 2.45) is 16.6 Å². The third kappa shape index (κ3) is 2.05. The fourth-order valence-electron chi connectivity index (χ4n) is 2.36. The number of hydrogen-bond acceptors (Lipinski definition) is 3. The van der Waals surface area contributed by atoms with Crippen LogP contribution in [0.15, 0.2) is 23.2 Å². The summed E-state index contributed by atoms with van der Waals surface area (Å²) in [7, 11) is 0. The van der Waals surface area contributed by atoms with Gasteiger partial charge in [0.15, 0.2) is 5.96 Å². The van der Waals surface area contributed by atoms with Gasteiger partial charge in [-0.15, -0.1) is 0 Å². The van der Waals surface area contributed by atoms with E-state index in [1.165, 1.54) is 18.9 Å². The van der Waals surface area contributed by atoms with Gasteiger partial charge in [-0.25, -0.2) is 8.78 Å². The van der Waals surface area contributed by atoms with Gasteiger partial charge in [-0.05, 0) is 37.0 Å². The number of benzene rings is 1. The molecule has 3 rings (SSSR count). The average molecular weight is 251 g/mol. The first kappa shape index (κ1) is 11.4. The number of guanidine groups is 1. The lowest BCUT2D eigenvalue weighted by Crippen LogP contribution is -2.37. The van der Waals surface area contributed by atoms with Crippen molar-refractivity contribution in [1.29, 1.82) is 0 Å². The topological polar surface area (TPSA) is 41.6 Å². The number of rotatable bonds is 3. The Balaban J connectivity index is 1.88. The van der Waals surface area contributed by atoms with Gasteiger partial charge in [-0.1, -0.05) is 0 Å². The van der Waals surface area contributed by atoms with Gasteiger partial charge < -0.3 is 10.6 Å². The minimum atomic E-state index is -0.428. The van der Waals surface area contributed by atoms with Crippen molar-refractivity contribution < 1.29 is 8.78 Å². The molecule has 3 nitrogen and oxygen atoms in total. The van der Waals surface area contributed by atoms with E-state index < -0.39 is 11.6 Å². The number of nitrogens with zero attached hydrogens (tertiary/aromatic N) is 2. The molecule has 96 valence electrons. The fraction of sp³-hybridized carbons (Fsp3) is 0.462. The van der Waals surface area contributed by atoms with Crippen molar-refractivity contribution in [3.05, 3.63) is 35.4 Å². The van der Waals surface area contributed by atoms with Crippen molar-refractivity contribution in [3.63, 3.8) is 0 Å². The van der Waals surface area contributed by atoms with Crippen molar-refractivity contribution in [3.8, 4) is 0 Å². The van der Waals surface area contributed by atoms with E-state index in [-0.39, 0.29) is 6.04 Å². The van der Waals surface area contributed by atoms with Crippen LogP contribution < -0.4 is 5.73 Å². The van der Waals surface area contributed by atoms with E-state index in [0.717, 1.165) is 18.7 Å². The molecular formula is C13H15F2N3. The summed E-state index contributed by atoms with van der Waals surface area (Å²) >= 11 is 0. The monoisotopic (exact) mass is 251 g/mol. The number of nitrogens with two attached hydrogens (primary N) is 1. The zero-order valence-electron chi connectivity index (χ0n) is 9.94. The van der Waals surface area contributed by atoms with Gasteiger partial charge in [0, 0.05) is 12.1 Å². The Kier molecular flexibility index (Phi) is 2.69. The standard InChI is InChI=1S/C13H15F2N3/c14-9-3-4-11(15)10(5-9)12-6-17-13(16)18(12)7-8-1-2-8/h3-5,8,12H,1-2,6-7H2,(H2,16,17). The molecule has 0 saturated heterocycles. The van der Waals surface area contributed by atoms with Crippen LogP contribution in [0.1, 0.15) is 24.4 Å². The lowest BCUT2D eigenvalue weighted by atomic mass is 10.1. The van der Waals surface area contributed by atoms with E-state index in [9.17, 15) is 8.78 Å². The predicted molar refractivity (Wildman–Crippen MR) is 65.0 cm³/mol. The highest BCUT2D eigenvalue weighted by Crippen LogP contribution is 2.35. The highest BCUT2D eigenvalue weighted by Gasteiger charge is 2.34. The Morgan fingerprint density at radius 2 is 2.11 bits per heavy atom. The molecule has 2 aliphatic rings. The molecule has 18 heavy (non-hydrogen) atoms. The van der Waals surface area contributed by atoms with Crippen LogP contribution in [0.25, 0.3) is 0 Å². The number of halogens is 2. The first-order valence-corrected chi connectivity index (χ1v) is 6.16. The van der Waals surface area contributed by atoms with Crippen LogP contribution in [0.2, 0.25) is 0 Å². The summed E-state index contributed by atoms with van der Waals surface area (Å²) in [6.45, 7) is 1.19. The lowest BCUT2D eigenvalue weighted by Gasteiger charge is -2.26. The molecule has 1 unspecified atom stereocenters. The van der Waals surface area contributed by atoms with Crippen LogP contribution in [0.5, 0.6) is 0 Å². The van der Waals surface area contributed by atoms with E-state index in [1.54, 1.807) is 0 Å². The zero-order chi connectivity index (χ0) is 12.7. The van der Waals surface area contributed by atoms with Crippen LogP contribution >= 0.6 is 0 Å². The van der Waals surface area contributed by atoms with Crippen molar-refractivity contribution in [1.82, 2.24) is 4.90 Å². The first-order chi connectivity index (χ1) is 8.65. The van der Waals surface area contributed by atoms with Crippen molar-refractivity contribution in [2.75, 3.05) is 13.1 Å². The molecule has 1 aromatic rings. The van der Waals surface area contributed by atoms with Gasteiger partial charge in [0.25, 0.3) is 0 Å². The number of hydrogen-bond donors (Lipinski definition) is 1. The molecule has 1 heterocycles. The van der Waals surface area contributed by atoms with Crippen LogP contribution in [-0.2, 0) is 0 Å². The van der Waals surface area contributed by atoms with Crippen LogP contribution in [-0.4, -0.2) is 23.9 Å². The van der Waals surface area contributed by atoms with Crippen molar-refractivity contribution in [2.45, 2.75) is 18.9 Å². The molecule has 0 amide bonds. The highest BCUT2D eigenvalue weighted by molar-refractivity contribution is 5.80. The molecule has 0 aromatic heterocycles. The average Bonchev–Trinajstić information content (AvgIpc) is 3.09. The van der Waals surface area contributed by atoms with Gasteiger partial charge in [-0.2, -0.15) is 0 Å². The van der Waals surface area contributed by atoms with Crippen molar-refractivity contribution >= 4 is 5.96 Å². The van der Waals surface area contributed by atoms with E-state index in [2.05, 4.69) is 4.99 Å². The van der Waals surface area contributed by atoms with Gasteiger partial charge in [-0.3, -0.25) is 4.99 Å². The molecule has 1 aliphatic heterocycles. The maximum Gasteiger partial charge on any atom is 0.191 e. The van der Waals surface area contributed by atoms with Gasteiger partial charge in [0.05, 0.1) is 12.6 Å². The highest BCUT2D eigenvalue weighted by atomic mass is 19.1. The summed E-state index contributed by atoms with van der Waals surface area (Å²) < 4.78 is 27.0. The summed E-state index contributed by atoms with van der Waals surface area (Å²) in [4.78, 5) is 6.06. The molecular weight excluding hydrogens is 236 g/mol. The quantitative estimate of drug-likeness (QED) is 0.893. The Labute approximate surface area is 104 Å². The Bertz CT molecular complexity index is 497. The first-order valence-electron chi connectivity index (χ1n) is 6.16. The minimum Gasteiger partial charge on any atom is -0.370 e. The van der Waals surface area contributed by atoms with Gasteiger partial charge in [0.1, 0.15) is 11.6 Å². The van der Waals surface area contributed by atoms with Crippen LogP contribution in [0.4, 0.5) is 8.78 Å². The predicted octanol–water partition coefficient (Wildman–Crippen LogP) is 2.05. The van der Waals surface area contributed by atoms with Crippen LogP contribution in [0, 0.1) is 17.6 Å². The largest absolute Gasteiger partial charge is 0.370 e. The molecule has 0 radical (unpaired) electrons. The molecule has 2 N–H and O–H groups in total. The van der Waals surface area contributed by atoms with Gasteiger partial charge >= 0.3 is 0 Å². The second-order valence-electron chi connectivity index (χ2n) is 4.98. The lowest BCUT2D eigenvalue weighted by molar-refractivity contribution is 0.325. The summed E-state index contributed by atoms with van der Waals surface area (Å²) in [5.74, 6) is 0.238. The van der Waals surface area contributed by atoms with E-state index in [0.29, 0.717) is 24.0 Å². The maximum atomic E-state index is 13.8. The zero-order valence-corrected chi connectivity index (χ0v) is 9.94. The summed E-state index contributed by atoms with van der Waals surface area (Å²) in [5, 5.41) is 0. The summed E-state index contributed by atoms with van der Waals surface area (Å²) in [5.41, 5.74) is 6.18. The van der Waals surface area contributed by atoms with Crippen LogP contribution in [0.3, 0.4) is 0 Å². The third-order valence-corrected chi connectivity index (χ3v) is 3.57. The summed E-state index contributed by atoms with van der Waals surface area (Å²) in [6.07, 6.45) is 2.37. The maximum absolute atomic E-state index is 13.8. The second-order valence-corrected chi connectivity index (χ2v) is 4.98. The third-order valence-electron chi connectivity index (χ3n) is 3.57. The van der Waals surface area contributed by atoms with E-state index in [4.69, 9.17) is 5.73 Å². The summed E-state index contributed by atoms with van der Waals surface area (Å²) in [6, 6.07) is 3.27. The molecule has 0 bridgehead atoms. The molecule has 0 spiro atoms. The van der Waals surface area contributed by atoms with E-state index in [1.807, 2.05) is 4.90 Å². The molecule has 1 atom stereocenters. The van der Waals surface area contributed by atoms with E-state index >= 15 is 0 Å². The number of aliphatic imine (C=N–C) groups is 1. The fourth-order valence-corrected chi connectivity index (χ4v) is 2.36. The smallest absolute Gasteiger partial charge is 0.191 e. The Morgan fingerprint density at radius 3 is 2.83 bits per heavy atom. The second kappa shape index (κ2) is 4.23. The molecule has 1 aromatic carbocycles. The normalized spacial score (nSPS) is 23.3. The van der Waals surface area contributed by atoms with Gasteiger partial charge in [0.2, 0.25) is 0 Å². The molecule has 1 saturated carbocycles. The molecule has 1 fully saturated rings. The molecule has 5 heteroatoms.